The minimum Gasteiger partial charge on any atom is -0.481 e. The summed E-state index contributed by atoms with van der Waals surface area (Å²) in [5, 5.41) is 35.0. The number of amides is 3. The molecule has 1 aromatic heterocycles. The average Bonchev–Trinajstić information content (AvgIpc) is 3.24. The Morgan fingerprint density at radius 2 is 1.59 bits per heavy atom. The molecule has 0 aromatic carbocycles. The van der Waals surface area contributed by atoms with Crippen molar-refractivity contribution in [1.29, 1.82) is 0 Å². The predicted molar refractivity (Wildman–Crippen MR) is 117 cm³/mol. The molecule has 0 spiro atoms. The second-order valence-electron chi connectivity index (χ2n) is 8.18. The van der Waals surface area contributed by atoms with Crippen molar-refractivity contribution in [2.24, 2.45) is 11.7 Å². The summed E-state index contributed by atoms with van der Waals surface area (Å²) in [6.45, 7) is 4.45. The maximum atomic E-state index is 12.8. The zero-order chi connectivity index (χ0) is 26.0. The molecule has 0 aliphatic heterocycles. The molecule has 0 radical (unpaired) electrons. The summed E-state index contributed by atoms with van der Waals surface area (Å²) >= 11 is 0. The lowest BCUT2D eigenvalue weighted by Gasteiger charge is -2.28. The summed E-state index contributed by atoms with van der Waals surface area (Å²) in [6, 6.07) is -5.20. The molecule has 0 saturated heterocycles. The van der Waals surface area contributed by atoms with E-state index in [9.17, 15) is 34.2 Å². The Labute approximate surface area is 195 Å². The van der Waals surface area contributed by atoms with Crippen LogP contribution >= 0.6 is 0 Å². The fourth-order valence-corrected chi connectivity index (χ4v) is 2.96. The van der Waals surface area contributed by atoms with Crippen molar-refractivity contribution in [2.75, 3.05) is 0 Å². The number of rotatable bonds is 14. The number of carbonyl (C=O) groups is 5. The van der Waals surface area contributed by atoms with Crippen LogP contribution in [0.15, 0.2) is 12.5 Å². The number of aliphatic hydroxyl groups excluding tert-OH is 1. The SMILES string of the molecule is CC(C)C(NC(=O)C(NC(=O)C(N)Cc1cnc[nH]1)C(C)O)C(=O)NC(CCC(=O)O)C(=O)O. The molecule has 190 valence electrons. The molecule has 5 atom stereocenters. The summed E-state index contributed by atoms with van der Waals surface area (Å²) in [5.74, 6) is -5.62. The molecule has 9 N–H and O–H groups in total. The standard InChI is InChI=1S/C20H32N6O8/c1-9(2)15(18(31)24-13(20(33)34)4-5-14(28)29)25-19(32)16(10(3)27)26-17(30)12(21)6-11-7-22-8-23-11/h7-10,12-13,15-16,27H,4-6,21H2,1-3H3,(H,22,23)(H,24,31)(H,25,32)(H,26,30)(H,28,29)(H,33,34). The Kier molecular flexibility index (Phi) is 11.1. The highest BCUT2D eigenvalue weighted by Gasteiger charge is 2.33. The van der Waals surface area contributed by atoms with Gasteiger partial charge < -0.3 is 42.0 Å². The molecule has 5 unspecified atom stereocenters. The molecule has 1 aromatic rings. The first-order valence-corrected chi connectivity index (χ1v) is 10.6. The van der Waals surface area contributed by atoms with Gasteiger partial charge in [-0.1, -0.05) is 13.8 Å². The third-order valence-electron chi connectivity index (χ3n) is 4.90. The molecule has 0 fully saturated rings. The number of nitrogens with zero attached hydrogens (tertiary/aromatic N) is 1. The van der Waals surface area contributed by atoms with Gasteiger partial charge in [-0.3, -0.25) is 19.2 Å². The van der Waals surface area contributed by atoms with Gasteiger partial charge in [-0.25, -0.2) is 9.78 Å². The first-order valence-electron chi connectivity index (χ1n) is 10.6. The van der Waals surface area contributed by atoms with Crippen molar-refractivity contribution in [3.05, 3.63) is 18.2 Å². The van der Waals surface area contributed by atoms with E-state index in [-0.39, 0.29) is 12.8 Å². The van der Waals surface area contributed by atoms with E-state index in [4.69, 9.17) is 10.8 Å². The van der Waals surface area contributed by atoms with Crippen molar-refractivity contribution in [2.45, 2.75) is 70.3 Å². The van der Waals surface area contributed by atoms with E-state index >= 15 is 0 Å². The third-order valence-corrected chi connectivity index (χ3v) is 4.90. The lowest BCUT2D eigenvalue weighted by Crippen LogP contribution is -2.60. The van der Waals surface area contributed by atoms with E-state index in [2.05, 4.69) is 25.9 Å². The molecule has 34 heavy (non-hydrogen) atoms. The Bertz CT molecular complexity index is 857. The fraction of sp³-hybridized carbons (Fsp3) is 0.600. The van der Waals surface area contributed by atoms with E-state index in [0.29, 0.717) is 5.69 Å². The van der Waals surface area contributed by atoms with Gasteiger partial charge in [-0.2, -0.15) is 0 Å². The summed E-state index contributed by atoms with van der Waals surface area (Å²) in [4.78, 5) is 66.6. The maximum absolute atomic E-state index is 12.8. The van der Waals surface area contributed by atoms with Gasteiger partial charge in [-0.15, -0.1) is 0 Å². The number of carbonyl (C=O) groups excluding carboxylic acids is 3. The van der Waals surface area contributed by atoms with Gasteiger partial charge >= 0.3 is 11.9 Å². The lowest BCUT2D eigenvalue weighted by molar-refractivity contribution is -0.143. The summed E-state index contributed by atoms with van der Waals surface area (Å²) in [5.41, 5.74) is 6.44. The van der Waals surface area contributed by atoms with Crippen LogP contribution in [-0.2, 0) is 30.4 Å². The number of carboxylic acid groups (broad SMARTS) is 2. The number of H-pyrrole nitrogens is 1. The highest BCUT2D eigenvalue weighted by molar-refractivity contribution is 5.94. The minimum atomic E-state index is -1.48. The van der Waals surface area contributed by atoms with Crippen molar-refractivity contribution >= 4 is 29.7 Å². The van der Waals surface area contributed by atoms with Crippen LogP contribution in [0.1, 0.15) is 39.3 Å². The summed E-state index contributed by atoms with van der Waals surface area (Å²) < 4.78 is 0. The molecule has 0 saturated carbocycles. The molecule has 0 aliphatic carbocycles. The number of aromatic amines is 1. The zero-order valence-electron chi connectivity index (χ0n) is 19.1. The molecule has 14 heteroatoms. The molecule has 0 bridgehead atoms. The van der Waals surface area contributed by atoms with E-state index in [1.807, 2.05) is 0 Å². The number of aliphatic hydroxyl groups is 1. The van der Waals surface area contributed by atoms with Crippen LogP contribution in [0.2, 0.25) is 0 Å². The number of hydrogen-bond acceptors (Lipinski definition) is 8. The van der Waals surface area contributed by atoms with Gasteiger partial charge in [0.1, 0.15) is 18.1 Å². The zero-order valence-corrected chi connectivity index (χ0v) is 19.1. The topological polar surface area (TPSA) is 237 Å². The van der Waals surface area contributed by atoms with Gasteiger partial charge in [0.25, 0.3) is 0 Å². The van der Waals surface area contributed by atoms with E-state index in [0.717, 1.165) is 0 Å². The van der Waals surface area contributed by atoms with Crippen molar-refractivity contribution in [1.82, 2.24) is 25.9 Å². The minimum absolute atomic E-state index is 0.101. The monoisotopic (exact) mass is 484 g/mol. The lowest BCUT2D eigenvalue weighted by atomic mass is 10.0. The van der Waals surface area contributed by atoms with Crippen molar-refractivity contribution in [3.8, 4) is 0 Å². The largest absolute Gasteiger partial charge is 0.481 e. The Hall–Kier alpha value is -3.52. The maximum Gasteiger partial charge on any atom is 0.326 e. The van der Waals surface area contributed by atoms with Crippen molar-refractivity contribution < 1.29 is 39.3 Å². The first kappa shape index (κ1) is 28.5. The first-order chi connectivity index (χ1) is 15.8. The van der Waals surface area contributed by atoms with Crippen LogP contribution in [-0.4, -0.2) is 85.2 Å². The van der Waals surface area contributed by atoms with Crippen LogP contribution in [0, 0.1) is 5.92 Å². The number of aliphatic carboxylic acids is 2. The van der Waals surface area contributed by atoms with Gasteiger partial charge in [0.05, 0.1) is 18.5 Å². The van der Waals surface area contributed by atoms with Crippen molar-refractivity contribution in [3.63, 3.8) is 0 Å². The smallest absolute Gasteiger partial charge is 0.326 e. The Morgan fingerprint density at radius 3 is 2.06 bits per heavy atom. The molecular formula is C20H32N6O8. The quantitative estimate of drug-likeness (QED) is 0.141. The van der Waals surface area contributed by atoms with Gasteiger partial charge in [0.15, 0.2) is 0 Å². The molecule has 0 aliphatic rings. The molecular weight excluding hydrogens is 452 g/mol. The van der Waals surface area contributed by atoms with Gasteiger partial charge in [-0.05, 0) is 19.3 Å². The van der Waals surface area contributed by atoms with Gasteiger partial charge in [0, 0.05) is 24.7 Å². The van der Waals surface area contributed by atoms with E-state index in [1.165, 1.54) is 19.4 Å². The number of nitrogens with two attached hydrogens (primary N) is 1. The highest BCUT2D eigenvalue weighted by Crippen LogP contribution is 2.07. The van der Waals surface area contributed by atoms with E-state index < -0.39 is 72.3 Å². The molecule has 1 rings (SSSR count). The molecule has 14 nitrogen and oxygen atoms in total. The molecule has 3 amide bonds. The second-order valence-corrected chi connectivity index (χ2v) is 8.18. The fourth-order valence-electron chi connectivity index (χ4n) is 2.96. The van der Waals surface area contributed by atoms with Crippen LogP contribution in [0.3, 0.4) is 0 Å². The van der Waals surface area contributed by atoms with E-state index in [1.54, 1.807) is 13.8 Å². The number of carboxylic acids is 2. The Morgan fingerprint density at radius 1 is 1.00 bits per heavy atom. The highest BCUT2D eigenvalue weighted by atomic mass is 16.4. The van der Waals surface area contributed by atoms with Crippen LogP contribution in [0.25, 0.3) is 0 Å². The summed E-state index contributed by atoms with van der Waals surface area (Å²) in [6.07, 6.45) is 0.824. The Balaban J connectivity index is 2.86. The predicted octanol–water partition coefficient (Wildman–Crippen LogP) is -2.28. The number of imidazole rings is 1. The molecule has 1 heterocycles. The van der Waals surface area contributed by atoms with Gasteiger partial charge in [0.2, 0.25) is 17.7 Å². The second kappa shape index (κ2) is 13.3. The van der Waals surface area contributed by atoms with Crippen LogP contribution in [0.5, 0.6) is 0 Å². The number of aromatic nitrogens is 2. The normalized spacial score (nSPS) is 15.5. The van der Waals surface area contributed by atoms with Crippen LogP contribution < -0.4 is 21.7 Å². The average molecular weight is 485 g/mol. The summed E-state index contributed by atoms with van der Waals surface area (Å²) in [7, 11) is 0. The van der Waals surface area contributed by atoms with Crippen LogP contribution in [0.4, 0.5) is 0 Å². The number of nitrogens with one attached hydrogen (secondary N) is 4. The third kappa shape index (κ3) is 9.15. The number of hydrogen-bond donors (Lipinski definition) is 8.